The van der Waals surface area contributed by atoms with E-state index in [0.29, 0.717) is 0 Å². The summed E-state index contributed by atoms with van der Waals surface area (Å²) in [6.45, 7) is 0. The van der Waals surface area contributed by atoms with Gasteiger partial charge in [0.15, 0.2) is 0 Å². The zero-order valence-corrected chi connectivity index (χ0v) is 22.9. The van der Waals surface area contributed by atoms with E-state index in [1.807, 2.05) is 18.3 Å². The van der Waals surface area contributed by atoms with Crippen molar-refractivity contribution < 1.29 is 0 Å². The molecule has 2 aromatic heterocycles. The van der Waals surface area contributed by atoms with E-state index >= 15 is 0 Å². The Hall–Kier alpha value is -4.41. The first-order valence-electron chi connectivity index (χ1n) is 13.2. The second-order valence-corrected chi connectivity index (χ2v) is 10.7. The number of rotatable bonds is 5. The maximum atomic E-state index is 4.76. The standard InChI is InChI=1S/C35H26BrN3/c36-27-16-20-31(21-17-27)38(28-8-3-1-4-9-28)30-18-13-25(14-19-30)26-15-22-34-33(24-26)32-12-7-23-37-35(32)39(34)29-10-5-2-6-11-29/h1-18,20-24,30H,19H2. The highest BCUT2D eigenvalue weighted by Gasteiger charge is 2.21. The molecule has 0 saturated carbocycles. The summed E-state index contributed by atoms with van der Waals surface area (Å²) < 4.78 is 3.34. The third-order valence-electron chi connectivity index (χ3n) is 7.42. The Kier molecular flexibility index (Phi) is 6.10. The lowest BCUT2D eigenvalue weighted by Gasteiger charge is -2.33. The number of fused-ring (bicyclic) bond motifs is 3. The number of halogens is 1. The molecule has 6 aromatic rings. The van der Waals surface area contributed by atoms with Gasteiger partial charge in [-0.2, -0.15) is 0 Å². The molecule has 1 atom stereocenters. The monoisotopic (exact) mass is 567 g/mol. The molecule has 0 aliphatic heterocycles. The molecule has 4 aromatic carbocycles. The lowest BCUT2D eigenvalue weighted by molar-refractivity contribution is 0.787. The van der Waals surface area contributed by atoms with E-state index < -0.39 is 0 Å². The van der Waals surface area contributed by atoms with Gasteiger partial charge in [-0.15, -0.1) is 0 Å². The van der Waals surface area contributed by atoms with Crippen LogP contribution in [0.2, 0.25) is 0 Å². The topological polar surface area (TPSA) is 21.1 Å². The zero-order valence-electron chi connectivity index (χ0n) is 21.3. The van der Waals surface area contributed by atoms with Crippen LogP contribution in [0.15, 0.2) is 144 Å². The Morgan fingerprint density at radius 3 is 2.23 bits per heavy atom. The first-order chi connectivity index (χ1) is 19.3. The fourth-order valence-corrected chi connectivity index (χ4v) is 5.87. The van der Waals surface area contributed by atoms with Crippen LogP contribution in [0, 0.1) is 0 Å². The molecular formula is C35H26BrN3. The van der Waals surface area contributed by atoms with Crippen LogP contribution in [0.5, 0.6) is 0 Å². The number of benzene rings is 4. The molecule has 1 unspecified atom stereocenters. The third kappa shape index (κ3) is 4.37. The summed E-state index contributed by atoms with van der Waals surface area (Å²) in [4.78, 5) is 7.17. The summed E-state index contributed by atoms with van der Waals surface area (Å²) >= 11 is 3.58. The first-order valence-corrected chi connectivity index (χ1v) is 14.0. The highest BCUT2D eigenvalue weighted by Crippen LogP contribution is 2.36. The van der Waals surface area contributed by atoms with Crippen LogP contribution in [0.4, 0.5) is 11.4 Å². The maximum absolute atomic E-state index is 4.76. The predicted octanol–water partition coefficient (Wildman–Crippen LogP) is 9.49. The quantitative estimate of drug-likeness (QED) is 0.207. The lowest BCUT2D eigenvalue weighted by atomic mass is 9.94. The van der Waals surface area contributed by atoms with Gasteiger partial charge in [-0.1, -0.05) is 76.6 Å². The van der Waals surface area contributed by atoms with Crippen molar-refractivity contribution in [2.24, 2.45) is 0 Å². The fourth-order valence-electron chi connectivity index (χ4n) is 5.60. The summed E-state index contributed by atoms with van der Waals surface area (Å²) in [5.74, 6) is 0. The van der Waals surface area contributed by atoms with Crippen molar-refractivity contribution in [3.05, 3.63) is 150 Å². The number of para-hydroxylation sites is 2. The molecule has 4 heteroatoms. The van der Waals surface area contributed by atoms with E-state index in [4.69, 9.17) is 4.98 Å². The van der Waals surface area contributed by atoms with Crippen LogP contribution in [-0.4, -0.2) is 15.6 Å². The molecule has 1 aliphatic rings. The highest BCUT2D eigenvalue weighted by molar-refractivity contribution is 9.10. The van der Waals surface area contributed by atoms with Gasteiger partial charge in [0.25, 0.3) is 0 Å². The number of pyridine rings is 1. The molecule has 7 rings (SSSR count). The van der Waals surface area contributed by atoms with Crippen LogP contribution >= 0.6 is 15.9 Å². The average Bonchev–Trinajstić information content (AvgIpc) is 3.33. The summed E-state index contributed by atoms with van der Waals surface area (Å²) in [5.41, 5.74) is 8.12. The van der Waals surface area contributed by atoms with Crippen LogP contribution in [0.25, 0.3) is 33.2 Å². The van der Waals surface area contributed by atoms with Gasteiger partial charge in [0.1, 0.15) is 5.65 Å². The Bertz CT molecular complexity index is 1830. The Labute approximate surface area is 236 Å². The van der Waals surface area contributed by atoms with Crippen LogP contribution in [0.1, 0.15) is 12.0 Å². The molecule has 0 spiro atoms. The molecule has 3 nitrogen and oxygen atoms in total. The number of hydrogen-bond donors (Lipinski definition) is 0. The van der Waals surface area contributed by atoms with Crippen molar-refractivity contribution in [2.75, 3.05) is 4.90 Å². The lowest BCUT2D eigenvalue weighted by Crippen LogP contribution is -2.30. The van der Waals surface area contributed by atoms with E-state index in [0.717, 1.165) is 22.2 Å². The summed E-state index contributed by atoms with van der Waals surface area (Å²) in [6.07, 6.45) is 9.78. The van der Waals surface area contributed by atoms with Crippen LogP contribution in [-0.2, 0) is 0 Å². The van der Waals surface area contributed by atoms with Gasteiger partial charge in [-0.25, -0.2) is 4.98 Å². The average molecular weight is 569 g/mol. The van der Waals surface area contributed by atoms with Crippen molar-refractivity contribution in [2.45, 2.75) is 12.5 Å². The van der Waals surface area contributed by atoms with E-state index in [9.17, 15) is 0 Å². The molecule has 0 amide bonds. The highest BCUT2D eigenvalue weighted by atomic mass is 79.9. The van der Waals surface area contributed by atoms with Gasteiger partial charge >= 0.3 is 0 Å². The second kappa shape index (κ2) is 10.0. The molecule has 0 fully saturated rings. The molecule has 0 N–H and O–H groups in total. The minimum atomic E-state index is 0.227. The van der Waals surface area contributed by atoms with E-state index in [1.54, 1.807) is 0 Å². The third-order valence-corrected chi connectivity index (χ3v) is 7.95. The smallest absolute Gasteiger partial charge is 0.145 e. The minimum absolute atomic E-state index is 0.227. The molecule has 2 heterocycles. The number of hydrogen-bond acceptors (Lipinski definition) is 2. The van der Waals surface area contributed by atoms with Crippen molar-refractivity contribution >= 4 is 54.8 Å². The van der Waals surface area contributed by atoms with Gasteiger partial charge < -0.3 is 4.90 Å². The second-order valence-electron chi connectivity index (χ2n) is 9.78. The Morgan fingerprint density at radius 1 is 0.744 bits per heavy atom. The van der Waals surface area contributed by atoms with E-state index in [1.165, 1.54) is 38.8 Å². The molecule has 188 valence electrons. The largest absolute Gasteiger partial charge is 0.334 e. The number of anilines is 2. The van der Waals surface area contributed by atoms with Gasteiger partial charge in [0.05, 0.1) is 11.6 Å². The van der Waals surface area contributed by atoms with Crippen LogP contribution < -0.4 is 4.90 Å². The summed E-state index contributed by atoms with van der Waals surface area (Å²) in [5, 5.41) is 2.39. The van der Waals surface area contributed by atoms with Crippen LogP contribution in [0.3, 0.4) is 0 Å². The van der Waals surface area contributed by atoms with Crippen molar-refractivity contribution in [3.8, 4) is 5.69 Å². The van der Waals surface area contributed by atoms with Gasteiger partial charge in [0.2, 0.25) is 0 Å². The van der Waals surface area contributed by atoms with Crippen molar-refractivity contribution in [1.29, 1.82) is 0 Å². The SMILES string of the molecule is Brc1ccc(N(c2ccccc2)C2C=CC(c3ccc4c(c3)c3cccnc3n4-c3ccccc3)=CC2)cc1. The number of nitrogens with zero attached hydrogens (tertiary/aromatic N) is 3. The molecule has 0 radical (unpaired) electrons. The van der Waals surface area contributed by atoms with Crippen molar-refractivity contribution in [1.82, 2.24) is 9.55 Å². The van der Waals surface area contributed by atoms with E-state index in [2.05, 4.69) is 147 Å². The summed E-state index contributed by atoms with van der Waals surface area (Å²) in [7, 11) is 0. The number of aromatic nitrogens is 2. The Morgan fingerprint density at radius 2 is 1.49 bits per heavy atom. The molecule has 1 aliphatic carbocycles. The summed E-state index contributed by atoms with van der Waals surface area (Å²) in [6, 6.07) is 40.9. The molecular weight excluding hydrogens is 542 g/mol. The van der Waals surface area contributed by atoms with Gasteiger partial charge in [0, 0.05) is 38.5 Å². The van der Waals surface area contributed by atoms with E-state index in [-0.39, 0.29) is 6.04 Å². The number of allylic oxidation sites excluding steroid dienone is 2. The maximum Gasteiger partial charge on any atom is 0.145 e. The molecule has 39 heavy (non-hydrogen) atoms. The van der Waals surface area contributed by atoms with Gasteiger partial charge in [-0.05, 0) is 90.4 Å². The predicted molar refractivity (Wildman–Crippen MR) is 167 cm³/mol. The molecule has 0 bridgehead atoms. The van der Waals surface area contributed by atoms with Crippen molar-refractivity contribution in [3.63, 3.8) is 0 Å². The first kappa shape index (κ1) is 23.7. The molecule has 0 saturated heterocycles. The van der Waals surface area contributed by atoms with Gasteiger partial charge in [-0.3, -0.25) is 4.57 Å². The normalized spacial score (nSPS) is 15.0. The fraction of sp³-hybridized carbons (Fsp3) is 0.0571. The zero-order chi connectivity index (χ0) is 26.2. The Balaban J connectivity index is 1.25. The minimum Gasteiger partial charge on any atom is -0.334 e.